The minimum atomic E-state index is -0.100. The molecule has 0 aliphatic heterocycles. The monoisotopic (exact) mass is 142 g/mol. The summed E-state index contributed by atoms with van der Waals surface area (Å²) in [5.41, 5.74) is 0. The van der Waals surface area contributed by atoms with Crippen molar-refractivity contribution in [2.45, 2.75) is 25.3 Å². The minimum Gasteiger partial charge on any atom is -0.391 e. The topological polar surface area (TPSA) is 18.5 Å². The highest BCUT2D eigenvalue weighted by atomic mass is 16.5. The van der Waals surface area contributed by atoms with Crippen LogP contribution in [0.1, 0.15) is 19.3 Å². The summed E-state index contributed by atoms with van der Waals surface area (Å²) in [6.45, 7) is 0.816. The molecule has 0 amide bonds. The lowest BCUT2D eigenvalue weighted by atomic mass is 9.94. The zero-order valence-electron chi connectivity index (χ0n) is 6.80. The average Bonchev–Trinajstić information content (AvgIpc) is 1.98. The Morgan fingerprint density at radius 2 is 2.00 bits per heavy atom. The number of methoxy groups -OCH3 is 2. The Hall–Kier alpha value is -0.0151. The fraction of sp³-hybridized carbons (Fsp3) is 1.00. The Kier molecular flexibility index (Phi) is 7.09. The Morgan fingerprint density at radius 3 is 2.50 bits per heavy atom. The van der Waals surface area contributed by atoms with Gasteiger partial charge in [-0.2, -0.15) is 0 Å². The van der Waals surface area contributed by atoms with Gasteiger partial charge in [-0.25, -0.2) is 0 Å². The predicted molar refractivity (Wildman–Crippen MR) is 42.3 cm³/mol. The third-order valence-corrected chi connectivity index (χ3v) is 1.39. The zero-order chi connectivity index (χ0) is 7.82. The molecule has 0 N–H and O–H groups in total. The van der Waals surface area contributed by atoms with Crippen molar-refractivity contribution in [3.8, 4) is 0 Å². The van der Waals surface area contributed by atoms with Gasteiger partial charge in [0.25, 0.3) is 0 Å². The van der Waals surface area contributed by atoms with E-state index in [4.69, 9.17) is 17.3 Å². The maximum absolute atomic E-state index is 5.49. The Bertz CT molecular complexity index is 68.6. The van der Waals surface area contributed by atoms with E-state index in [1.165, 1.54) is 0 Å². The number of unbranched alkanes of at least 4 members (excludes halogenated alkanes) is 1. The normalized spacial score (nSPS) is 13.4. The molecule has 0 aliphatic carbocycles. The van der Waals surface area contributed by atoms with Gasteiger partial charge in [-0.3, -0.25) is 0 Å². The summed E-state index contributed by atoms with van der Waals surface area (Å²) in [4.78, 5) is 0. The molecule has 0 saturated heterocycles. The second-order valence-electron chi connectivity index (χ2n) is 2.26. The van der Waals surface area contributed by atoms with Crippen LogP contribution in [0.15, 0.2) is 0 Å². The van der Waals surface area contributed by atoms with E-state index in [0.717, 1.165) is 25.9 Å². The zero-order valence-corrected chi connectivity index (χ0v) is 6.80. The first kappa shape index (κ1) is 9.98. The lowest BCUT2D eigenvalue weighted by Crippen LogP contribution is -2.09. The van der Waals surface area contributed by atoms with E-state index in [1.54, 1.807) is 14.2 Å². The van der Waals surface area contributed by atoms with E-state index >= 15 is 0 Å². The van der Waals surface area contributed by atoms with Gasteiger partial charge in [0, 0.05) is 26.8 Å². The van der Waals surface area contributed by atoms with E-state index < -0.39 is 0 Å². The number of hydrogen-bond acceptors (Lipinski definition) is 2. The highest BCUT2D eigenvalue weighted by Crippen LogP contribution is 2.00. The van der Waals surface area contributed by atoms with Crippen LogP contribution >= 0.6 is 0 Å². The summed E-state index contributed by atoms with van der Waals surface area (Å²) in [5.74, 6) is 0. The third-order valence-electron chi connectivity index (χ3n) is 1.39. The van der Waals surface area contributed by atoms with Crippen molar-refractivity contribution in [3.63, 3.8) is 0 Å². The van der Waals surface area contributed by atoms with Gasteiger partial charge in [0.15, 0.2) is 0 Å². The first-order chi connectivity index (χ1) is 4.81. The lowest BCUT2D eigenvalue weighted by Gasteiger charge is -2.07. The van der Waals surface area contributed by atoms with Crippen molar-refractivity contribution in [1.29, 1.82) is 0 Å². The molecule has 1 atom stereocenters. The van der Waals surface area contributed by atoms with Gasteiger partial charge < -0.3 is 9.47 Å². The van der Waals surface area contributed by atoms with Crippen LogP contribution in [-0.4, -0.2) is 34.7 Å². The molecule has 10 heavy (non-hydrogen) atoms. The van der Waals surface area contributed by atoms with E-state index in [2.05, 4.69) is 0 Å². The van der Waals surface area contributed by atoms with Crippen molar-refractivity contribution in [2.24, 2.45) is 0 Å². The fourth-order valence-corrected chi connectivity index (χ4v) is 0.710. The molecule has 1 unspecified atom stereocenters. The van der Waals surface area contributed by atoms with Gasteiger partial charge in [0.2, 0.25) is 0 Å². The van der Waals surface area contributed by atoms with Gasteiger partial charge in [-0.15, -0.1) is 0 Å². The molecule has 2 radical (unpaired) electrons. The molecule has 0 spiro atoms. The van der Waals surface area contributed by atoms with Gasteiger partial charge >= 0.3 is 0 Å². The van der Waals surface area contributed by atoms with Crippen LogP contribution in [-0.2, 0) is 9.47 Å². The van der Waals surface area contributed by atoms with Crippen LogP contribution in [0.5, 0.6) is 0 Å². The Morgan fingerprint density at radius 1 is 1.30 bits per heavy atom. The standard InChI is InChI=1S/C7H15BO2/c1-9-6-4-3-5-7(8)10-2/h7H,3-6H2,1-2H3. The number of hydrogen-bond donors (Lipinski definition) is 0. The van der Waals surface area contributed by atoms with Crippen molar-refractivity contribution in [3.05, 3.63) is 0 Å². The van der Waals surface area contributed by atoms with Crippen molar-refractivity contribution in [2.75, 3.05) is 20.8 Å². The molecule has 0 aromatic carbocycles. The van der Waals surface area contributed by atoms with Gasteiger partial charge in [0.1, 0.15) is 7.85 Å². The average molecular weight is 142 g/mol. The van der Waals surface area contributed by atoms with E-state index in [9.17, 15) is 0 Å². The van der Waals surface area contributed by atoms with Crippen LogP contribution in [0, 0.1) is 0 Å². The quantitative estimate of drug-likeness (QED) is 0.406. The molecule has 2 nitrogen and oxygen atoms in total. The first-order valence-corrected chi connectivity index (χ1v) is 3.58. The van der Waals surface area contributed by atoms with Crippen LogP contribution in [0.3, 0.4) is 0 Å². The van der Waals surface area contributed by atoms with E-state index in [0.29, 0.717) is 0 Å². The second-order valence-corrected chi connectivity index (χ2v) is 2.26. The fourth-order valence-electron chi connectivity index (χ4n) is 0.710. The molecule has 58 valence electrons. The van der Waals surface area contributed by atoms with Crippen molar-refractivity contribution < 1.29 is 9.47 Å². The molecule has 0 heterocycles. The van der Waals surface area contributed by atoms with Crippen LogP contribution < -0.4 is 0 Å². The summed E-state index contributed by atoms with van der Waals surface area (Å²) in [5, 5.41) is 0. The summed E-state index contributed by atoms with van der Waals surface area (Å²) in [7, 11) is 8.82. The molecule has 0 saturated carbocycles. The van der Waals surface area contributed by atoms with Crippen molar-refractivity contribution in [1.82, 2.24) is 0 Å². The summed E-state index contributed by atoms with van der Waals surface area (Å²) in [6, 6.07) is -0.100. The lowest BCUT2D eigenvalue weighted by molar-refractivity contribution is 0.148. The van der Waals surface area contributed by atoms with Crippen LogP contribution in [0.4, 0.5) is 0 Å². The largest absolute Gasteiger partial charge is 0.391 e. The van der Waals surface area contributed by atoms with E-state index in [1.807, 2.05) is 0 Å². The number of rotatable bonds is 6. The first-order valence-electron chi connectivity index (χ1n) is 3.58. The summed E-state index contributed by atoms with van der Waals surface area (Å²) >= 11 is 0. The molecule has 3 heteroatoms. The molecule has 0 aromatic heterocycles. The van der Waals surface area contributed by atoms with Gasteiger partial charge in [-0.05, 0) is 19.3 Å². The maximum atomic E-state index is 5.49. The predicted octanol–water partition coefficient (Wildman–Crippen LogP) is 0.944. The molecule has 0 rings (SSSR count). The molecule has 0 aromatic rings. The molecule has 0 aliphatic rings. The third kappa shape index (κ3) is 6.11. The van der Waals surface area contributed by atoms with E-state index in [-0.39, 0.29) is 6.00 Å². The maximum Gasteiger partial charge on any atom is 0.108 e. The highest BCUT2D eigenvalue weighted by molar-refractivity contribution is 6.10. The van der Waals surface area contributed by atoms with Gasteiger partial charge in [-0.1, -0.05) is 0 Å². The summed E-state index contributed by atoms with van der Waals surface area (Å²) in [6.07, 6.45) is 3.05. The number of ether oxygens (including phenoxy) is 2. The van der Waals surface area contributed by atoms with Crippen LogP contribution in [0.25, 0.3) is 0 Å². The van der Waals surface area contributed by atoms with Crippen LogP contribution in [0.2, 0.25) is 0 Å². The minimum absolute atomic E-state index is 0.100. The highest BCUT2D eigenvalue weighted by Gasteiger charge is 1.96. The Balaban J connectivity index is 2.89. The smallest absolute Gasteiger partial charge is 0.108 e. The second kappa shape index (κ2) is 7.10. The molecular weight excluding hydrogens is 127 g/mol. The molecule has 0 fully saturated rings. The molecule has 0 bridgehead atoms. The Labute approximate surface area is 64.3 Å². The molecular formula is C7H15BO2. The van der Waals surface area contributed by atoms with Gasteiger partial charge in [0.05, 0.1) is 0 Å². The summed E-state index contributed by atoms with van der Waals surface area (Å²) < 4.78 is 9.74. The van der Waals surface area contributed by atoms with Crippen molar-refractivity contribution >= 4 is 7.85 Å². The SMILES string of the molecule is [B]C(CCCCOC)OC.